The third-order valence-corrected chi connectivity index (χ3v) is 5.49. The molecule has 0 unspecified atom stereocenters. The molecule has 168 valence electrons. The molecular formula is C26H23ClN2O4. The van der Waals surface area contributed by atoms with Crippen molar-refractivity contribution < 1.29 is 19.1 Å². The van der Waals surface area contributed by atoms with Crippen LogP contribution in [0.1, 0.15) is 18.1 Å². The zero-order valence-corrected chi connectivity index (χ0v) is 19.1. The highest BCUT2D eigenvalue weighted by Gasteiger charge is 2.39. The van der Waals surface area contributed by atoms with E-state index in [-0.39, 0.29) is 18.1 Å². The number of imide groups is 1. The van der Waals surface area contributed by atoms with Crippen LogP contribution in [0.15, 0.2) is 78.5 Å². The topological polar surface area (TPSA) is 67.9 Å². The van der Waals surface area contributed by atoms with Crippen LogP contribution in [-0.4, -0.2) is 30.4 Å². The summed E-state index contributed by atoms with van der Waals surface area (Å²) in [6.07, 6.45) is 0. The van der Waals surface area contributed by atoms with Crippen LogP contribution < -0.4 is 14.8 Å². The maximum absolute atomic E-state index is 13.4. The van der Waals surface area contributed by atoms with Crippen LogP contribution >= 0.6 is 11.6 Å². The zero-order chi connectivity index (χ0) is 23.4. The molecule has 1 aliphatic rings. The number of ether oxygens (including phenoxy) is 2. The van der Waals surface area contributed by atoms with Gasteiger partial charge < -0.3 is 14.8 Å². The van der Waals surface area contributed by atoms with Crippen LogP contribution in [0.3, 0.4) is 0 Å². The van der Waals surface area contributed by atoms with Crippen molar-refractivity contribution in [1.82, 2.24) is 4.90 Å². The van der Waals surface area contributed by atoms with Gasteiger partial charge in [0.25, 0.3) is 11.8 Å². The third kappa shape index (κ3) is 4.86. The van der Waals surface area contributed by atoms with Crippen molar-refractivity contribution in [3.63, 3.8) is 0 Å². The van der Waals surface area contributed by atoms with Crippen LogP contribution in [-0.2, 0) is 16.1 Å². The van der Waals surface area contributed by atoms with Gasteiger partial charge in [0.15, 0.2) is 0 Å². The Hall–Kier alpha value is -3.77. The molecule has 2 amide bonds. The van der Waals surface area contributed by atoms with Crippen molar-refractivity contribution in [2.45, 2.75) is 13.5 Å². The minimum Gasteiger partial charge on any atom is -0.497 e. The number of anilines is 1. The first-order chi connectivity index (χ1) is 16.0. The summed E-state index contributed by atoms with van der Waals surface area (Å²) in [5.41, 5.74) is 2.64. The lowest BCUT2D eigenvalue weighted by molar-refractivity contribution is -0.137. The molecule has 1 aliphatic heterocycles. The Balaban J connectivity index is 1.69. The summed E-state index contributed by atoms with van der Waals surface area (Å²) in [6.45, 7) is 2.62. The smallest absolute Gasteiger partial charge is 0.278 e. The molecule has 0 aliphatic carbocycles. The van der Waals surface area contributed by atoms with Crippen LogP contribution in [0.2, 0.25) is 5.02 Å². The molecule has 6 nitrogen and oxygen atoms in total. The number of rotatable bonds is 8. The fourth-order valence-electron chi connectivity index (χ4n) is 3.58. The predicted molar refractivity (Wildman–Crippen MR) is 128 cm³/mol. The Labute approximate surface area is 197 Å². The molecule has 7 heteroatoms. The molecule has 0 radical (unpaired) electrons. The number of nitrogens with zero attached hydrogens (tertiary/aromatic N) is 1. The number of hydrogen-bond acceptors (Lipinski definition) is 5. The number of amides is 2. The van der Waals surface area contributed by atoms with Crippen molar-refractivity contribution >= 4 is 34.7 Å². The van der Waals surface area contributed by atoms with Gasteiger partial charge in [-0.1, -0.05) is 35.9 Å². The quantitative estimate of drug-likeness (QED) is 0.469. The summed E-state index contributed by atoms with van der Waals surface area (Å²) in [7, 11) is 1.57. The Bertz CT molecular complexity index is 1190. The first-order valence-corrected chi connectivity index (χ1v) is 10.9. The van der Waals surface area contributed by atoms with E-state index in [1.54, 1.807) is 55.6 Å². The SMILES string of the molecule is CCOc1ccc(NC2=C(c3ccc(OC)cc3)C(=O)N(Cc3ccc(Cl)cc3)C2=O)cc1. The van der Waals surface area contributed by atoms with E-state index in [4.69, 9.17) is 21.1 Å². The maximum Gasteiger partial charge on any atom is 0.278 e. The van der Waals surface area contributed by atoms with Gasteiger partial charge in [-0.05, 0) is 66.6 Å². The summed E-state index contributed by atoms with van der Waals surface area (Å²) in [5, 5.41) is 3.74. The summed E-state index contributed by atoms with van der Waals surface area (Å²) < 4.78 is 10.7. The van der Waals surface area contributed by atoms with Gasteiger partial charge in [0, 0.05) is 10.7 Å². The fourth-order valence-corrected chi connectivity index (χ4v) is 3.70. The van der Waals surface area contributed by atoms with Gasteiger partial charge in [0.2, 0.25) is 0 Å². The first-order valence-electron chi connectivity index (χ1n) is 10.5. The van der Waals surface area contributed by atoms with E-state index in [1.165, 1.54) is 4.90 Å². The number of nitrogens with one attached hydrogen (secondary N) is 1. The Morgan fingerprint density at radius 3 is 2.09 bits per heavy atom. The lowest BCUT2D eigenvalue weighted by Crippen LogP contribution is -2.32. The number of carbonyl (C=O) groups excluding carboxylic acids is 2. The number of halogens is 1. The minimum atomic E-state index is -0.394. The summed E-state index contributed by atoms with van der Waals surface area (Å²) in [5.74, 6) is 0.629. The molecular weight excluding hydrogens is 440 g/mol. The van der Waals surface area contributed by atoms with Crippen LogP contribution in [0.25, 0.3) is 5.57 Å². The standard InChI is InChI=1S/C26H23ClN2O4/c1-3-33-22-14-10-20(11-15-22)28-24-23(18-6-12-21(32-2)13-7-18)25(30)29(26(24)31)16-17-4-8-19(27)9-5-17/h4-15,28H,3,16H2,1-2H3. The van der Waals surface area contributed by atoms with Gasteiger partial charge in [0.1, 0.15) is 17.2 Å². The molecule has 0 spiro atoms. The van der Waals surface area contributed by atoms with E-state index in [9.17, 15) is 9.59 Å². The maximum atomic E-state index is 13.4. The van der Waals surface area contributed by atoms with E-state index in [2.05, 4.69) is 5.32 Å². The van der Waals surface area contributed by atoms with Crippen molar-refractivity contribution in [3.8, 4) is 11.5 Å². The van der Waals surface area contributed by atoms with E-state index in [0.717, 1.165) is 11.3 Å². The average Bonchev–Trinajstić information content (AvgIpc) is 3.06. The fraction of sp³-hybridized carbons (Fsp3) is 0.154. The van der Waals surface area contributed by atoms with Crippen LogP contribution in [0.4, 0.5) is 5.69 Å². The van der Waals surface area contributed by atoms with Crippen molar-refractivity contribution in [2.75, 3.05) is 19.0 Å². The Morgan fingerprint density at radius 1 is 0.848 bits per heavy atom. The lowest BCUT2D eigenvalue weighted by Gasteiger charge is -2.15. The van der Waals surface area contributed by atoms with Crippen LogP contribution in [0, 0.1) is 0 Å². The van der Waals surface area contributed by atoms with E-state index in [1.807, 2.05) is 31.2 Å². The van der Waals surface area contributed by atoms with Gasteiger partial charge >= 0.3 is 0 Å². The van der Waals surface area contributed by atoms with Gasteiger partial charge in [0.05, 0.1) is 25.8 Å². The number of methoxy groups -OCH3 is 1. The highest BCUT2D eigenvalue weighted by Crippen LogP contribution is 2.32. The second-order valence-corrected chi connectivity index (χ2v) is 7.82. The second kappa shape index (κ2) is 9.79. The minimum absolute atomic E-state index is 0.142. The average molecular weight is 463 g/mol. The molecule has 0 fully saturated rings. The summed E-state index contributed by atoms with van der Waals surface area (Å²) in [4.78, 5) is 28.0. The second-order valence-electron chi connectivity index (χ2n) is 7.38. The lowest BCUT2D eigenvalue weighted by atomic mass is 10.0. The molecule has 0 saturated carbocycles. The Morgan fingerprint density at radius 2 is 1.48 bits per heavy atom. The summed E-state index contributed by atoms with van der Waals surface area (Å²) in [6, 6.07) is 21.4. The van der Waals surface area contributed by atoms with E-state index in [0.29, 0.717) is 34.2 Å². The van der Waals surface area contributed by atoms with E-state index < -0.39 is 5.91 Å². The zero-order valence-electron chi connectivity index (χ0n) is 18.3. The third-order valence-electron chi connectivity index (χ3n) is 5.24. The highest BCUT2D eigenvalue weighted by atomic mass is 35.5. The van der Waals surface area contributed by atoms with Gasteiger partial charge in [-0.2, -0.15) is 0 Å². The molecule has 0 atom stereocenters. The molecule has 0 saturated heterocycles. The molecule has 3 aromatic carbocycles. The van der Waals surface area contributed by atoms with Gasteiger partial charge in [-0.15, -0.1) is 0 Å². The molecule has 1 N–H and O–H groups in total. The first kappa shape index (κ1) is 22.4. The van der Waals surface area contributed by atoms with Gasteiger partial charge in [-0.3, -0.25) is 14.5 Å². The van der Waals surface area contributed by atoms with Crippen molar-refractivity contribution in [3.05, 3.63) is 94.6 Å². The molecule has 1 heterocycles. The molecule has 0 bridgehead atoms. The summed E-state index contributed by atoms with van der Waals surface area (Å²) >= 11 is 5.97. The number of hydrogen-bond donors (Lipinski definition) is 1. The Kier molecular flexibility index (Phi) is 6.66. The number of benzene rings is 3. The van der Waals surface area contributed by atoms with Crippen molar-refractivity contribution in [1.29, 1.82) is 0 Å². The predicted octanol–water partition coefficient (Wildman–Crippen LogP) is 5.14. The molecule has 3 aromatic rings. The number of carbonyl (C=O) groups is 2. The monoisotopic (exact) mass is 462 g/mol. The molecule has 4 rings (SSSR count). The van der Waals surface area contributed by atoms with Crippen molar-refractivity contribution in [2.24, 2.45) is 0 Å². The highest BCUT2D eigenvalue weighted by molar-refractivity contribution is 6.36. The molecule has 0 aromatic heterocycles. The van der Waals surface area contributed by atoms with Gasteiger partial charge in [-0.25, -0.2) is 0 Å². The molecule has 33 heavy (non-hydrogen) atoms. The normalized spacial score (nSPS) is 13.5. The van der Waals surface area contributed by atoms with E-state index >= 15 is 0 Å². The van der Waals surface area contributed by atoms with Crippen LogP contribution in [0.5, 0.6) is 11.5 Å². The largest absolute Gasteiger partial charge is 0.497 e.